The summed E-state index contributed by atoms with van der Waals surface area (Å²) in [6.45, 7) is 9.00. The first-order valence-electron chi connectivity index (χ1n) is 10.1. The molecule has 5 N–H and O–H groups in total. The molecule has 0 bridgehead atoms. The molecule has 0 amide bonds. The maximum absolute atomic E-state index is 9.55. The van der Waals surface area contributed by atoms with Crippen LogP contribution in [-0.2, 0) is 25.7 Å². The van der Waals surface area contributed by atoms with Crippen LogP contribution in [0.5, 0.6) is 5.75 Å². The molecule has 0 aromatic heterocycles. The molecule has 12 heteroatoms. The molecule has 1 aliphatic heterocycles. The van der Waals surface area contributed by atoms with E-state index in [2.05, 4.69) is 17.1 Å². The van der Waals surface area contributed by atoms with Gasteiger partial charge < -0.3 is 30.5 Å². The molecular formula is C22H29ClN2O9. The molecule has 1 saturated heterocycles. The number of piperazine rings is 1. The van der Waals surface area contributed by atoms with Gasteiger partial charge in [0.1, 0.15) is 5.75 Å². The largest absolute Gasteiger partial charge is 0.494 e. The fraction of sp³-hybridized carbons (Fsp3) is 0.364. The van der Waals surface area contributed by atoms with Crippen molar-refractivity contribution in [3.63, 3.8) is 0 Å². The van der Waals surface area contributed by atoms with Crippen LogP contribution in [0.4, 0.5) is 0 Å². The van der Waals surface area contributed by atoms with Crippen molar-refractivity contribution in [1.29, 1.82) is 0 Å². The fourth-order valence-corrected chi connectivity index (χ4v) is 2.84. The number of rotatable bonds is 8. The van der Waals surface area contributed by atoms with E-state index in [-0.39, 0.29) is 0 Å². The Hall–Kier alpha value is -3.41. The van der Waals surface area contributed by atoms with E-state index < -0.39 is 23.9 Å². The minimum absolute atomic E-state index is 0.550. The standard InChI is InChI=1S/C14H21ClN2O.2C4H4O4/c1-3-18-14-5-4-13(15)8-12(14)10-17-7-6-16-11(2)9-17;2*5-3(6)1-2-4(7)8/h4-5,8,11,16H,3,6-7,9-10H2,1-2H3;2*1-2H,(H,5,6)(H,7,8)/b;2*2-1+/t11-;;/m0../s1. The van der Waals surface area contributed by atoms with E-state index in [4.69, 9.17) is 36.8 Å². The lowest BCUT2D eigenvalue weighted by Gasteiger charge is -2.32. The number of aliphatic carboxylic acids is 4. The molecule has 1 fully saturated rings. The van der Waals surface area contributed by atoms with Gasteiger partial charge in [-0.25, -0.2) is 19.2 Å². The van der Waals surface area contributed by atoms with Gasteiger partial charge in [0.15, 0.2) is 0 Å². The van der Waals surface area contributed by atoms with Crippen LogP contribution < -0.4 is 10.1 Å². The summed E-state index contributed by atoms with van der Waals surface area (Å²) >= 11 is 6.08. The van der Waals surface area contributed by atoms with Crippen LogP contribution in [0.1, 0.15) is 19.4 Å². The lowest BCUT2D eigenvalue weighted by molar-refractivity contribution is -0.134. The number of nitrogens with zero attached hydrogens (tertiary/aromatic N) is 1. The lowest BCUT2D eigenvalue weighted by Crippen LogP contribution is -2.48. The number of halogens is 1. The van der Waals surface area contributed by atoms with Crippen molar-refractivity contribution in [1.82, 2.24) is 10.2 Å². The van der Waals surface area contributed by atoms with Crippen LogP contribution >= 0.6 is 11.6 Å². The average molecular weight is 501 g/mol. The number of carboxylic acid groups (broad SMARTS) is 4. The first kappa shape index (κ1) is 30.6. The predicted molar refractivity (Wildman–Crippen MR) is 124 cm³/mol. The highest BCUT2D eigenvalue weighted by Crippen LogP contribution is 2.24. The van der Waals surface area contributed by atoms with Crippen LogP contribution in [0.25, 0.3) is 0 Å². The van der Waals surface area contributed by atoms with Gasteiger partial charge in [-0.1, -0.05) is 11.6 Å². The van der Waals surface area contributed by atoms with Gasteiger partial charge >= 0.3 is 23.9 Å². The topological polar surface area (TPSA) is 174 Å². The molecular weight excluding hydrogens is 472 g/mol. The normalized spacial score (nSPS) is 15.6. The quantitative estimate of drug-likeness (QED) is 0.330. The van der Waals surface area contributed by atoms with E-state index in [0.717, 1.165) is 37.0 Å². The monoisotopic (exact) mass is 500 g/mol. The van der Waals surface area contributed by atoms with Crippen LogP contribution in [0.2, 0.25) is 5.02 Å². The average Bonchev–Trinajstić information content (AvgIpc) is 2.74. The van der Waals surface area contributed by atoms with Crippen molar-refractivity contribution in [2.24, 2.45) is 0 Å². The maximum atomic E-state index is 9.55. The summed E-state index contributed by atoms with van der Waals surface area (Å²) in [5.74, 6) is -4.08. The molecule has 1 aliphatic rings. The zero-order valence-corrected chi connectivity index (χ0v) is 19.6. The summed E-state index contributed by atoms with van der Waals surface area (Å²) in [6.07, 6.45) is 2.23. The highest BCUT2D eigenvalue weighted by molar-refractivity contribution is 6.30. The molecule has 11 nitrogen and oxygen atoms in total. The molecule has 34 heavy (non-hydrogen) atoms. The summed E-state index contributed by atoms with van der Waals surface area (Å²) in [5, 5.41) is 35.5. The second-order valence-electron chi connectivity index (χ2n) is 6.79. The maximum Gasteiger partial charge on any atom is 0.328 e. The number of carboxylic acids is 4. The van der Waals surface area contributed by atoms with Gasteiger partial charge in [-0.05, 0) is 32.0 Å². The van der Waals surface area contributed by atoms with E-state index in [9.17, 15) is 19.2 Å². The van der Waals surface area contributed by atoms with E-state index >= 15 is 0 Å². The Balaban J connectivity index is 0.000000570. The Morgan fingerprint density at radius 2 is 1.53 bits per heavy atom. The minimum atomic E-state index is -1.26. The van der Waals surface area contributed by atoms with Crippen molar-refractivity contribution in [2.75, 3.05) is 26.2 Å². The number of hydrogen-bond acceptors (Lipinski definition) is 7. The molecule has 188 valence electrons. The third-order valence-corrected chi connectivity index (χ3v) is 4.14. The Morgan fingerprint density at radius 3 is 1.94 bits per heavy atom. The zero-order chi connectivity index (χ0) is 26.1. The number of hydrogen-bond donors (Lipinski definition) is 5. The van der Waals surface area contributed by atoms with Gasteiger partial charge in [0.25, 0.3) is 0 Å². The Morgan fingerprint density at radius 1 is 1.03 bits per heavy atom. The van der Waals surface area contributed by atoms with Crippen molar-refractivity contribution in [2.45, 2.75) is 26.4 Å². The molecule has 0 radical (unpaired) electrons. The van der Waals surface area contributed by atoms with Crippen LogP contribution in [-0.4, -0.2) is 81.5 Å². The zero-order valence-electron chi connectivity index (χ0n) is 18.8. The van der Waals surface area contributed by atoms with E-state index in [1.807, 2.05) is 25.1 Å². The Bertz CT molecular complexity index is 821. The number of ether oxygens (including phenoxy) is 1. The Kier molecular flexibility index (Phi) is 15.4. The van der Waals surface area contributed by atoms with Crippen molar-refractivity contribution in [3.8, 4) is 5.75 Å². The van der Waals surface area contributed by atoms with E-state index in [1.165, 1.54) is 5.56 Å². The minimum Gasteiger partial charge on any atom is -0.494 e. The van der Waals surface area contributed by atoms with Crippen LogP contribution in [0, 0.1) is 0 Å². The van der Waals surface area contributed by atoms with Crippen LogP contribution in [0.3, 0.4) is 0 Å². The van der Waals surface area contributed by atoms with Crippen molar-refractivity contribution >= 4 is 35.5 Å². The van der Waals surface area contributed by atoms with Gasteiger partial charge in [-0.15, -0.1) is 0 Å². The second kappa shape index (κ2) is 17.1. The highest BCUT2D eigenvalue weighted by atomic mass is 35.5. The van der Waals surface area contributed by atoms with Gasteiger partial charge in [0.2, 0.25) is 0 Å². The third-order valence-electron chi connectivity index (χ3n) is 3.91. The number of carbonyl (C=O) groups is 4. The highest BCUT2D eigenvalue weighted by Gasteiger charge is 2.17. The first-order chi connectivity index (χ1) is 15.9. The van der Waals surface area contributed by atoms with Gasteiger partial charge in [-0.2, -0.15) is 0 Å². The van der Waals surface area contributed by atoms with Gasteiger partial charge in [0, 0.05) is 67.1 Å². The molecule has 0 aliphatic carbocycles. The summed E-state index contributed by atoms with van der Waals surface area (Å²) in [5.41, 5.74) is 1.18. The third kappa shape index (κ3) is 16.3. The molecule has 1 aromatic rings. The summed E-state index contributed by atoms with van der Waals surface area (Å²) < 4.78 is 5.66. The van der Waals surface area contributed by atoms with Gasteiger partial charge in [0.05, 0.1) is 6.61 Å². The van der Waals surface area contributed by atoms with E-state index in [0.29, 0.717) is 37.0 Å². The van der Waals surface area contributed by atoms with Crippen molar-refractivity contribution < 1.29 is 44.3 Å². The summed E-state index contributed by atoms with van der Waals surface area (Å²) in [7, 11) is 0. The molecule has 0 spiro atoms. The number of benzene rings is 1. The lowest BCUT2D eigenvalue weighted by atomic mass is 10.1. The Labute approximate surface area is 201 Å². The first-order valence-corrected chi connectivity index (χ1v) is 10.5. The van der Waals surface area contributed by atoms with Crippen molar-refractivity contribution in [3.05, 3.63) is 53.1 Å². The summed E-state index contributed by atoms with van der Waals surface area (Å²) in [4.78, 5) is 40.7. The fourth-order valence-electron chi connectivity index (χ4n) is 2.65. The molecule has 0 unspecified atom stereocenters. The summed E-state index contributed by atoms with van der Waals surface area (Å²) in [6, 6.07) is 6.41. The SMILES string of the molecule is CCOc1ccc(Cl)cc1CN1CCN[C@@H](C)C1.O=C(O)/C=C/C(=O)O.O=C(O)/C=C/C(=O)O. The molecule has 1 heterocycles. The van der Waals surface area contributed by atoms with E-state index in [1.54, 1.807) is 0 Å². The molecule has 0 saturated carbocycles. The number of nitrogens with one attached hydrogen (secondary N) is 1. The van der Waals surface area contributed by atoms with Crippen LogP contribution in [0.15, 0.2) is 42.5 Å². The predicted octanol–water partition coefficient (Wildman–Crippen LogP) is 1.96. The van der Waals surface area contributed by atoms with Gasteiger partial charge in [-0.3, -0.25) is 4.90 Å². The smallest absolute Gasteiger partial charge is 0.328 e. The molecule has 1 aromatic carbocycles. The molecule has 1 atom stereocenters. The molecule has 2 rings (SSSR count). The second-order valence-corrected chi connectivity index (χ2v) is 7.23.